The van der Waals surface area contributed by atoms with Gasteiger partial charge >= 0.3 is 0 Å². The highest BCUT2D eigenvalue weighted by atomic mass is 32.1. The first kappa shape index (κ1) is 17.0. The van der Waals surface area contributed by atoms with Gasteiger partial charge in [-0.25, -0.2) is 19.0 Å². The molecule has 4 rings (SSSR count). The molecule has 0 radical (unpaired) electrons. The zero-order valence-corrected chi connectivity index (χ0v) is 14.9. The normalized spacial score (nSPS) is 10.7. The molecule has 0 atom stereocenters. The number of nitrogens with one attached hydrogen (secondary N) is 1. The van der Waals surface area contributed by atoms with Crippen LogP contribution in [-0.4, -0.2) is 19.7 Å². The number of hydrogen-bond donors (Lipinski definition) is 1. The van der Waals surface area contributed by atoms with Gasteiger partial charge in [0, 0.05) is 17.3 Å². The Morgan fingerprint density at radius 2 is 1.85 bits per heavy atom. The molecule has 0 aliphatic carbocycles. The molecule has 6 nitrogen and oxygen atoms in total. The van der Waals surface area contributed by atoms with Gasteiger partial charge in [0.25, 0.3) is 4.84 Å². The number of halogens is 1. The van der Waals surface area contributed by atoms with Crippen molar-refractivity contribution in [1.82, 2.24) is 19.7 Å². The summed E-state index contributed by atoms with van der Waals surface area (Å²) in [5.41, 5.74) is 2.31. The number of hydrogen-bond acceptors (Lipinski definition) is 6. The van der Waals surface area contributed by atoms with Crippen LogP contribution in [0.25, 0.3) is 22.7 Å². The topological polar surface area (TPSA) is 68.8 Å². The average molecular weight is 379 g/mol. The summed E-state index contributed by atoms with van der Waals surface area (Å²) in [6.07, 6.45) is 1.68. The Morgan fingerprint density at radius 3 is 2.67 bits per heavy atom. The molecule has 4 aromatic rings. The maximum atomic E-state index is 13.4. The van der Waals surface area contributed by atoms with E-state index < -0.39 is 0 Å². The van der Waals surface area contributed by atoms with Gasteiger partial charge in [0.1, 0.15) is 12.5 Å². The molecule has 0 unspecified atom stereocenters. The van der Waals surface area contributed by atoms with E-state index in [1.807, 2.05) is 36.4 Å². The molecule has 1 N–H and O–H groups in total. The lowest BCUT2D eigenvalue weighted by atomic mass is 10.1. The summed E-state index contributed by atoms with van der Waals surface area (Å²) in [6.45, 7) is 0.218. The largest absolute Gasteiger partial charge is 0.409 e. The quantitative estimate of drug-likeness (QED) is 0.514. The van der Waals surface area contributed by atoms with Gasteiger partial charge in [0.2, 0.25) is 11.8 Å². The van der Waals surface area contributed by atoms with Gasteiger partial charge in [0.05, 0.1) is 5.69 Å². The predicted octanol–water partition coefficient (Wildman–Crippen LogP) is 4.54. The lowest BCUT2D eigenvalue weighted by Gasteiger charge is -2.06. The molecule has 0 amide bonds. The van der Waals surface area contributed by atoms with E-state index in [4.69, 9.17) is 16.6 Å². The highest BCUT2D eigenvalue weighted by Gasteiger charge is 2.09. The number of anilines is 1. The SMILES string of the molecule is Fc1cccc(-c2nn(CNc3nccc(-c4ccccc4)n3)c(=S)o2)c1. The fourth-order valence-corrected chi connectivity index (χ4v) is 2.69. The van der Waals surface area contributed by atoms with Crippen molar-refractivity contribution in [1.29, 1.82) is 0 Å². The summed E-state index contributed by atoms with van der Waals surface area (Å²) in [7, 11) is 0. The van der Waals surface area contributed by atoms with Gasteiger partial charge in [-0.3, -0.25) is 0 Å². The van der Waals surface area contributed by atoms with Crippen LogP contribution in [-0.2, 0) is 6.67 Å². The lowest BCUT2D eigenvalue weighted by Crippen LogP contribution is -2.11. The predicted molar refractivity (Wildman–Crippen MR) is 102 cm³/mol. The van der Waals surface area contributed by atoms with E-state index in [-0.39, 0.29) is 23.2 Å². The zero-order chi connectivity index (χ0) is 18.6. The molecule has 8 heteroatoms. The molecule has 0 bridgehead atoms. The second-order valence-electron chi connectivity index (χ2n) is 5.65. The van der Waals surface area contributed by atoms with Crippen molar-refractivity contribution in [3.8, 4) is 22.7 Å². The molecule has 0 aliphatic rings. The molecule has 0 spiro atoms. The Balaban J connectivity index is 1.52. The minimum Gasteiger partial charge on any atom is -0.409 e. The van der Waals surface area contributed by atoms with E-state index in [0.29, 0.717) is 11.5 Å². The van der Waals surface area contributed by atoms with Crippen molar-refractivity contribution in [3.63, 3.8) is 0 Å². The second kappa shape index (κ2) is 7.46. The number of aromatic nitrogens is 4. The maximum Gasteiger partial charge on any atom is 0.289 e. The molecule has 134 valence electrons. The molecular weight excluding hydrogens is 365 g/mol. The van der Waals surface area contributed by atoms with Crippen LogP contribution in [0.2, 0.25) is 0 Å². The standard InChI is InChI=1S/C19H14FN5OS/c20-15-8-4-7-14(11-15)17-24-25(19(27)26-17)12-22-18-21-10-9-16(23-18)13-5-2-1-3-6-13/h1-11H,12H2,(H,21,22,23). The zero-order valence-electron chi connectivity index (χ0n) is 14.0. The molecule has 2 aromatic heterocycles. The van der Waals surface area contributed by atoms with Crippen molar-refractivity contribution < 1.29 is 8.81 Å². The van der Waals surface area contributed by atoms with E-state index in [2.05, 4.69) is 20.4 Å². The molecule has 2 aromatic carbocycles. The Hall–Kier alpha value is -3.39. The number of rotatable bonds is 5. The van der Waals surface area contributed by atoms with E-state index in [1.165, 1.54) is 16.8 Å². The van der Waals surface area contributed by atoms with Gasteiger partial charge in [-0.15, -0.1) is 5.10 Å². The molecule has 2 heterocycles. The Bertz CT molecular complexity index is 1130. The number of benzene rings is 2. The first-order chi connectivity index (χ1) is 13.2. The molecule has 0 saturated carbocycles. The van der Waals surface area contributed by atoms with Gasteiger partial charge in [-0.2, -0.15) is 0 Å². The molecule has 0 aliphatic heterocycles. The first-order valence-corrected chi connectivity index (χ1v) is 8.56. The monoisotopic (exact) mass is 379 g/mol. The summed E-state index contributed by atoms with van der Waals surface area (Å²) in [6, 6.07) is 17.6. The molecular formula is C19H14FN5OS. The fraction of sp³-hybridized carbons (Fsp3) is 0.0526. The van der Waals surface area contributed by atoms with Gasteiger partial charge in [-0.05, 0) is 36.5 Å². The minimum atomic E-state index is -0.368. The third-order valence-corrected chi connectivity index (χ3v) is 4.08. The molecule has 0 fully saturated rings. The van der Waals surface area contributed by atoms with E-state index in [9.17, 15) is 4.39 Å². The minimum absolute atomic E-state index is 0.168. The van der Waals surface area contributed by atoms with Crippen LogP contribution >= 0.6 is 12.2 Å². The van der Waals surface area contributed by atoms with E-state index in [1.54, 1.807) is 18.3 Å². The van der Waals surface area contributed by atoms with Crippen LogP contribution in [0.5, 0.6) is 0 Å². The van der Waals surface area contributed by atoms with Crippen LogP contribution in [0, 0.1) is 10.7 Å². The van der Waals surface area contributed by atoms with Crippen molar-refractivity contribution >= 4 is 18.2 Å². The third kappa shape index (κ3) is 3.90. The molecule has 0 saturated heterocycles. The molecule has 27 heavy (non-hydrogen) atoms. The smallest absolute Gasteiger partial charge is 0.289 e. The Kier molecular flexibility index (Phi) is 4.71. The number of nitrogens with zero attached hydrogens (tertiary/aromatic N) is 4. The maximum absolute atomic E-state index is 13.4. The van der Waals surface area contributed by atoms with E-state index >= 15 is 0 Å². The van der Waals surface area contributed by atoms with Crippen LogP contribution < -0.4 is 5.32 Å². The van der Waals surface area contributed by atoms with Crippen molar-refractivity contribution in [3.05, 3.63) is 77.5 Å². The second-order valence-corrected chi connectivity index (χ2v) is 6.00. The fourth-order valence-electron chi connectivity index (χ4n) is 2.50. The summed E-state index contributed by atoms with van der Waals surface area (Å²) in [5, 5.41) is 7.34. The van der Waals surface area contributed by atoms with Crippen molar-refractivity contribution in [2.24, 2.45) is 0 Å². The van der Waals surface area contributed by atoms with Crippen molar-refractivity contribution in [2.75, 3.05) is 5.32 Å². The highest BCUT2D eigenvalue weighted by Crippen LogP contribution is 2.19. The summed E-state index contributed by atoms with van der Waals surface area (Å²) in [4.78, 5) is 8.86. The summed E-state index contributed by atoms with van der Waals surface area (Å²) >= 11 is 5.18. The van der Waals surface area contributed by atoms with Crippen LogP contribution in [0.3, 0.4) is 0 Å². The van der Waals surface area contributed by atoms with Crippen LogP contribution in [0.15, 0.2) is 71.3 Å². The third-order valence-electron chi connectivity index (χ3n) is 3.79. The van der Waals surface area contributed by atoms with Gasteiger partial charge in [0.15, 0.2) is 0 Å². The average Bonchev–Trinajstić information content (AvgIpc) is 3.08. The summed E-state index contributed by atoms with van der Waals surface area (Å²) < 4.78 is 20.3. The summed E-state index contributed by atoms with van der Waals surface area (Å²) in [5.74, 6) is 0.321. The van der Waals surface area contributed by atoms with E-state index in [0.717, 1.165) is 11.3 Å². The first-order valence-electron chi connectivity index (χ1n) is 8.15. The van der Waals surface area contributed by atoms with Crippen molar-refractivity contribution in [2.45, 2.75) is 6.67 Å². The van der Waals surface area contributed by atoms with Crippen LogP contribution in [0.1, 0.15) is 0 Å². The van der Waals surface area contributed by atoms with Gasteiger partial charge in [-0.1, -0.05) is 36.4 Å². The lowest BCUT2D eigenvalue weighted by molar-refractivity contribution is 0.521. The van der Waals surface area contributed by atoms with Gasteiger partial charge < -0.3 is 9.73 Å². The Morgan fingerprint density at radius 1 is 1.04 bits per heavy atom. The Labute approximate surface area is 159 Å². The van der Waals surface area contributed by atoms with Crippen LogP contribution in [0.4, 0.5) is 10.3 Å². The highest BCUT2D eigenvalue weighted by molar-refractivity contribution is 7.71.